The lowest BCUT2D eigenvalue weighted by Gasteiger charge is -2.52. The lowest BCUT2D eigenvalue weighted by Crippen LogP contribution is -2.54. The summed E-state index contributed by atoms with van der Waals surface area (Å²) in [6, 6.07) is 30.2. The third-order valence-corrected chi connectivity index (χ3v) is 9.06. The van der Waals surface area contributed by atoms with Crippen LogP contribution >= 0.6 is 15.9 Å². The molecule has 0 unspecified atom stereocenters. The smallest absolute Gasteiger partial charge is 0.239 e. The van der Waals surface area contributed by atoms with Crippen molar-refractivity contribution in [3.8, 4) is 0 Å². The SMILES string of the molecule is Cc1ccc(N=CC23c4ccccc4C(c4ccccc42)[C@@H]2C(=O)N(c4ccc(Br)cc4)C(=O)[C@H]23)c(C)c1. The van der Waals surface area contributed by atoms with Crippen LogP contribution in [0, 0.1) is 25.7 Å². The number of halogens is 1. The highest BCUT2D eigenvalue weighted by Crippen LogP contribution is 2.63. The maximum absolute atomic E-state index is 14.4. The summed E-state index contributed by atoms with van der Waals surface area (Å²) in [4.78, 5) is 35.1. The summed E-state index contributed by atoms with van der Waals surface area (Å²) in [6.07, 6.45) is 1.96. The van der Waals surface area contributed by atoms with Crippen LogP contribution in [0.4, 0.5) is 11.4 Å². The fraction of sp³-hybridized carbons (Fsp3) is 0.182. The number of aryl methyl sites for hydroxylation is 2. The monoisotopic (exact) mass is 560 g/mol. The Bertz CT molecular complexity index is 1630. The van der Waals surface area contributed by atoms with Crippen molar-refractivity contribution in [1.82, 2.24) is 0 Å². The normalized spacial score (nSPS) is 25.0. The van der Waals surface area contributed by atoms with Gasteiger partial charge in [0.05, 0.1) is 28.6 Å². The maximum Gasteiger partial charge on any atom is 0.239 e. The van der Waals surface area contributed by atoms with Gasteiger partial charge in [0.25, 0.3) is 0 Å². The van der Waals surface area contributed by atoms with Crippen molar-refractivity contribution in [2.45, 2.75) is 25.2 Å². The number of carbonyl (C=O) groups excluding carboxylic acids is 2. The van der Waals surface area contributed by atoms with Crippen LogP contribution in [0.5, 0.6) is 0 Å². The van der Waals surface area contributed by atoms with Crippen molar-refractivity contribution >= 4 is 45.3 Å². The van der Waals surface area contributed by atoms with E-state index in [0.29, 0.717) is 5.69 Å². The molecular weight excluding hydrogens is 536 g/mol. The molecule has 1 fully saturated rings. The molecule has 4 nitrogen and oxygen atoms in total. The van der Waals surface area contributed by atoms with Gasteiger partial charge in [-0.2, -0.15) is 0 Å². The van der Waals surface area contributed by atoms with E-state index in [1.807, 2.05) is 60.8 Å². The summed E-state index contributed by atoms with van der Waals surface area (Å²) in [7, 11) is 0. The van der Waals surface area contributed by atoms with E-state index in [4.69, 9.17) is 4.99 Å². The third kappa shape index (κ3) is 3.05. The quantitative estimate of drug-likeness (QED) is 0.199. The van der Waals surface area contributed by atoms with E-state index in [-0.39, 0.29) is 17.7 Å². The Morgan fingerprint density at radius 2 is 1.45 bits per heavy atom. The lowest BCUT2D eigenvalue weighted by molar-refractivity contribution is -0.122. The van der Waals surface area contributed by atoms with Crippen LogP contribution < -0.4 is 4.90 Å². The topological polar surface area (TPSA) is 49.7 Å². The molecule has 186 valence electrons. The largest absolute Gasteiger partial charge is 0.274 e. The minimum Gasteiger partial charge on any atom is -0.274 e. The Morgan fingerprint density at radius 1 is 0.816 bits per heavy atom. The number of hydrogen-bond acceptors (Lipinski definition) is 3. The zero-order chi connectivity index (χ0) is 26.2. The second-order valence-corrected chi connectivity index (χ2v) is 11.5. The zero-order valence-corrected chi connectivity index (χ0v) is 22.6. The first-order valence-electron chi connectivity index (χ1n) is 12.9. The number of hydrogen-bond donors (Lipinski definition) is 0. The Labute approximate surface area is 230 Å². The van der Waals surface area contributed by atoms with E-state index >= 15 is 0 Å². The van der Waals surface area contributed by atoms with Gasteiger partial charge in [-0.1, -0.05) is 82.2 Å². The van der Waals surface area contributed by atoms with Gasteiger partial charge < -0.3 is 0 Å². The number of anilines is 1. The van der Waals surface area contributed by atoms with Crippen molar-refractivity contribution in [3.05, 3.63) is 129 Å². The van der Waals surface area contributed by atoms with Crippen molar-refractivity contribution in [2.75, 3.05) is 4.90 Å². The summed E-state index contributed by atoms with van der Waals surface area (Å²) in [5.41, 5.74) is 7.21. The second-order valence-electron chi connectivity index (χ2n) is 10.6. The van der Waals surface area contributed by atoms with Crippen LogP contribution in [-0.2, 0) is 15.0 Å². The summed E-state index contributed by atoms with van der Waals surface area (Å²) < 4.78 is 0.898. The number of carbonyl (C=O) groups is 2. The molecule has 0 N–H and O–H groups in total. The molecule has 38 heavy (non-hydrogen) atoms. The predicted molar refractivity (Wildman–Crippen MR) is 153 cm³/mol. The summed E-state index contributed by atoms with van der Waals surface area (Å²) in [6.45, 7) is 4.12. The van der Waals surface area contributed by atoms with Crippen LogP contribution in [0.3, 0.4) is 0 Å². The summed E-state index contributed by atoms with van der Waals surface area (Å²) >= 11 is 3.47. The highest BCUT2D eigenvalue weighted by Gasteiger charge is 2.67. The van der Waals surface area contributed by atoms with E-state index in [0.717, 1.165) is 38.0 Å². The van der Waals surface area contributed by atoms with Crippen LogP contribution in [0.25, 0.3) is 0 Å². The van der Waals surface area contributed by atoms with Crippen LogP contribution in [0.15, 0.2) is 100 Å². The molecule has 3 aliphatic carbocycles. The predicted octanol–water partition coefficient (Wildman–Crippen LogP) is 7.02. The van der Waals surface area contributed by atoms with Crippen molar-refractivity contribution in [3.63, 3.8) is 0 Å². The Hall–Kier alpha value is -3.83. The molecule has 4 aliphatic rings. The Morgan fingerprint density at radius 3 is 2.08 bits per heavy atom. The van der Waals surface area contributed by atoms with Gasteiger partial charge in [0.2, 0.25) is 11.8 Å². The molecule has 4 aromatic carbocycles. The standard InChI is InChI=1S/C33H25BrN2O2/c1-19-11-16-27(20(2)17-19)35-18-33-25-9-5-3-7-23(25)28(24-8-4-6-10-26(24)33)29-30(33)32(38)36(31(29)37)22-14-12-21(34)13-15-22/h3-18,28-30H,1-2H3/t28?,29-,30-,33?/m0/s1. The number of rotatable bonds is 3. The van der Waals surface area contributed by atoms with Gasteiger partial charge in [-0.15, -0.1) is 0 Å². The van der Waals surface area contributed by atoms with Crippen molar-refractivity contribution < 1.29 is 9.59 Å². The van der Waals surface area contributed by atoms with Crippen molar-refractivity contribution in [2.24, 2.45) is 16.8 Å². The minimum absolute atomic E-state index is 0.138. The average Bonchev–Trinajstić information content (AvgIpc) is 3.19. The third-order valence-electron chi connectivity index (χ3n) is 8.53. The molecule has 0 radical (unpaired) electrons. The molecule has 0 aromatic heterocycles. The lowest BCUT2D eigenvalue weighted by atomic mass is 9.47. The highest BCUT2D eigenvalue weighted by atomic mass is 79.9. The number of nitrogens with zero attached hydrogens (tertiary/aromatic N) is 2. The van der Waals surface area contributed by atoms with Gasteiger partial charge in [0.1, 0.15) is 0 Å². The zero-order valence-electron chi connectivity index (χ0n) is 21.1. The van der Waals surface area contributed by atoms with Gasteiger partial charge in [-0.3, -0.25) is 14.6 Å². The second kappa shape index (κ2) is 8.34. The molecule has 8 rings (SSSR count). The van der Waals surface area contributed by atoms with Crippen LogP contribution in [0.1, 0.15) is 39.3 Å². The molecule has 1 saturated heterocycles. The number of amides is 2. The molecular formula is C33H25BrN2O2. The maximum atomic E-state index is 14.4. The van der Waals surface area contributed by atoms with Crippen LogP contribution in [-0.4, -0.2) is 18.0 Å². The highest BCUT2D eigenvalue weighted by molar-refractivity contribution is 9.10. The van der Waals surface area contributed by atoms with E-state index in [2.05, 4.69) is 66.2 Å². The van der Waals surface area contributed by atoms with Gasteiger partial charge in [0.15, 0.2) is 0 Å². The van der Waals surface area contributed by atoms with E-state index in [1.54, 1.807) is 0 Å². The first kappa shape index (κ1) is 23.3. The molecule has 2 bridgehead atoms. The summed E-state index contributed by atoms with van der Waals surface area (Å²) in [5.74, 6) is -1.56. The van der Waals surface area contributed by atoms with E-state index in [9.17, 15) is 9.59 Å². The van der Waals surface area contributed by atoms with Crippen LogP contribution in [0.2, 0.25) is 0 Å². The first-order chi connectivity index (χ1) is 18.4. The molecule has 1 aliphatic heterocycles. The van der Waals surface area contributed by atoms with Crippen molar-refractivity contribution in [1.29, 1.82) is 0 Å². The fourth-order valence-electron chi connectivity index (χ4n) is 7.02. The van der Waals surface area contributed by atoms with Gasteiger partial charge >= 0.3 is 0 Å². The first-order valence-corrected chi connectivity index (χ1v) is 13.7. The molecule has 0 spiro atoms. The van der Waals surface area contributed by atoms with Gasteiger partial charge in [0, 0.05) is 16.6 Å². The fourth-order valence-corrected chi connectivity index (χ4v) is 7.28. The molecule has 0 saturated carbocycles. The molecule has 4 aromatic rings. The van der Waals surface area contributed by atoms with E-state index in [1.165, 1.54) is 10.5 Å². The average molecular weight is 561 g/mol. The molecule has 2 amide bonds. The number of benzene rings is 4. The molecule has 5 heteroatoms. The summed E-state index contributed by atoms with van der Waals surface area (Å²) in [5, 5.41) is 0. The Kier molecular flexibility index (Phi) is 5.11. The number of imide groups is 1. The van der Waals surface area contributed by atoms with E-state index < -0.39 is 17.3 Å². The molecule has 1 heterocycles. The number of aliphatic imine (C=N–C) groups is 1. The minimum atomic E-state index is -0.860. The van der Waals surface area contributed by atoms with Gasteiger partial charge in [-0.05, 0) is 72.0 Å². The Balaban J connectivity index is 1.50. The molecule has 2 atom stereocenters. The van der Waals surface area contributed by atoms with Gasteiger partial charge in [-0.25, -0.2) is 4.90 Å².